The molecule has 3 aromatic rings. The molecule has 2 aromatic carbocycles. The zero-order chi connectivity index (χ0) is 19.8. The van der Waals surface area contributed by atoms with Gasteiger partial charge in [0.15, 0.2) is 5.13 Å². The van der Waals surface area contributed by atoms with Gasteiger partial charge in [-0.2, -0.15) is 0 Å². The van der Waals surface area contributed by atoms with Crippen LogP contribution in [0.25, 0.3) is 11.3 Å². The van der Waals surface area contributed by atoms with Crippen molar-refractivity contribution in [2.75, 3.05) is 11.9 Å². The Kier molecular flexibility index (Phi) is 7.20. The molecule has 0 saturated carbocycles. The lowest BCUT2D eigenvalue weighted by Crippen LogP contribution is -2.30. The van der Waals surface area contributed by atoms with Crippen molar-refractivity contribution in [3.8, 4) is 11.3 Å². The highest BCUT2D eigenvalue weighted by atomic mass is 32.1. The number of benzene rings is 2. The average molecular weight is 394 g/mol. The van der Waals surface area contributed by atoms with Crippen LogP contribution >= 0.6 is 11.3 Å². The van der Waals surface area contributed by atoms with Crippen molar-refractivity contribution >= 4 is 22.4 Å². The molecule has 0 spiro atoms. The van der Waals surface area contributed by atoms with Gasteiger partial charge in [-0.3, -0.25) is 4.79 Å². The Labute approximate surface area is 171 Å². The van der Waals surface area contributed by atoms with Gasteiger partial charge in [-0.05, 0) is 37.3 Å². The second-order valence-electron chi connectivity index (χ2n) is 7.04. The molecule has 1 heterocycles. The van der Waals surface area contributed by atoms with Crippen LogP contribution in [-0.4, -0.2) is 23.5 Å². The highest BCUT2D eigenvalue weighted by molar-refractivity contribution is 7.14. The van der Waals surface area contributed by atoms with E-state index in [1.54, 1.807) is 18.3 Å². The largest absolute Gasteiger partial charge is 0.361 e. The standard InChI is InChI=1S/C23H27N3OS/c1-17(25-18(2)27)8-9-20-10-12-21(13-11-20)22-16-28-23(26-22)24-15-14-19-6-4-3-5-7-19/h3-7,10-13,16-17H,8-9,14-15H2,1-2H3,(H,24,26)(H,25,27). The highest BCUT2D eigenvalue weighted by Gasteiger charge is 2.06. The quantitative estimate of drug-likeness (QED) is 0.542. The van der Waals surface area contributed by atoms with Crippen LogP contribution in [0.2, 0.25) is 0 Å². The Morgan fingerprint density at radius 3 is 2.46 bits per heavy atom. The number of carbonyl (C=O) groups excluding carboxylic acids is 1. The minimum Gasteiger partial charge on any atom is -0.361 e. The SMILES string of the molecule is CC(=O)NC(C)CCc1ccc(-c2csc(NCCc3ccccc3)n2)cc1. The van der Waals surface area contributed by atoms with Gasteiger partial charge in [0.2, 0.25) is 5.91 Å². The maximum absolute atomic E-state index is 11.1. The summed E-state index contributed by atoms with van der Waals surface area (Å²) in [6, 6.07) is 19.2. The summed E-state index contributed by atoms with van der Waals surface area (Å²) in [7, 11) is 0. The maximum atomic E-state index is 11.1. The lowest BCUT2D eigenvalue weighted by atomic mass is 10.0. The molecule has 0 bridgehead atoms. The maximum Gasteiger partial charge on any atom is 0.217 e. The first kappa shape index (κ1) is 20.1. The Hall–Kier alpha value is -2.66. The molecule has 0 aliphatic rings. The van der Waals surface area contributed by atoms with E-state index in [1.807, 2.05) is 13.0 Å². The number of anilines is 1. The van der Waals surface area contributed by atoms with Crippen LogP contribution < -0.4 is 10.6 Å². The van der Waals surface area contributed by atoms with Crippen molar-refractivity contribution in [1.82, 2.24) is 10.3 Å². The Balaban J connectivity index is 1.49. The molecule has 0 aliphatic carbocycles. The first-order valence-corrected chi connectivity index (χ1v) is 10.6. The normalized spacial score (nSPS) is 11.8. The second-order valence-corrected chi connectivity index (χ2v) is 7.90. The van der Waals surface area contributed by atoms with Gasteiger partial charge >= 0.3 is 0 Å². The van der Waals surface area contributed by atoms with Gasteiger partial charge in [0.1, 0.15) is 0 Å². The molecule has 1 aromatic heterocycles. The zero-order valence-electron chi connectivity index (χ0n) is 16.4. The fourth-order valence-electron chi connectivity index (χ4n) is 3.09. The Morgan fingerprint density at radius 2 is 1.75 bits per heavy atom. The average Bonchev–Trinajstić information content (AvgIpc) is 3.16. The van der Waals surface area contributed by atoms with E-state index in [9.17, 15) is 4.79 Å². The lowest BCUT2D eigenvalue weighted by molar-refractivity contribution is -0.119. The van der Waals surface area contributed by atoms with Gasteiger partial charge in [-0.1, -0.05) is 54.6 Å². The first-order chi connectivity index (χ1) is 13.6. The van der Waals surface area contributed by atoms with E-state index in [0.29, 0.717) is 0 Å². The molecule has 146 valence electrons. The van der Waals surface area contributed by atoms with E-state index in [2.05, 4.69) is 64.5 Å². The van der Waals surface area contributed by atoms with Crippen molar-refractivity contribution in [1.29, 1.82) is 0 Å². The lowest BCUT2D eigenvalue weighted by Gasteiger charge is -2.12. The van der Waals surface area contributed by atoms with E-state index < -0.39 is 0 Å². The summed E-state index contributed by atoms with van der Waals surface area (Å²) in [5.41, 5.74) is 4.74. The van der Waals surface area contributed by atoms with Crippen LogP contribution in [0.15, 0.2) is 60.0 Å². The van der Waals surface area contributed by atoms with Crippen LogP contribution in [0.5, 0.6) is 0 Å². The molecule has 1 amide bonds. The van der Waals surface area contributed by atoms with Gasteiger partial charge < -0.3 is 10.6 Å². The van der Waals surface area contributed by atoms with E-state index in [0.717, 1.165) is 42.2 Å². The minimum atomic E-state index is 0.0274. The van der Waals surface area contributed by atoms with Crippen molar-refractivity contribution in [2.24, 2.45) is 0 Å². The van der Waals surface area contributed by atoms with E-state index >= 15 is 0 Å². The summed E-state index contributed by atoms with van der Waals surface area (Å²) < 4.78 is 0. The highest BCUT2D eigenvalue weighted by Crippen LogP contribution is 2.25. The monoisotopic (exact) mass is 393 g/mol. The first-order valence-electron chi connectivity index (χ1n) is 9.70. The second kappa shape index (κ2) is 10.0. The van der Waals surface area contributed by atoms with Gasteiger partial charge in [-0.25, -0.2) is 4.98 Å². The molecule has 0 radical (unpaired) electrons. The molecular formula is C23H27N3OS. The smallest absolute Gasteiger partial charge is 0.217 e. The number of thiazole rings is 1. The number of hydrogen-bond acceptors (Lipinski definition) is 4. The van der Waals surface area contributed by atoms with E-state index in [4.69, 9.17) is 4.98 Å². The van der Waals surface area contributed by atoms with Crippen LogP contribution in [0.4, 0.5) is 5.13 Å². The fraction of sp³-hybridized carbons (Fsp3) is 0.304. The van der Waals surface area contributed by atoms with Crippen molar-refractivity contribution in [3.05, 3.63) is 71.1 Å². The molecule has 28 heavy (non-hydrogen) atoms. The topological polar surface area (TPSA) is 54.0 Å². The van der Waals surface area contributed by atoms with Gasteiger partial charge in [0.25, 0.3) is 0 Å². The van der Waals surface area contributed by atoms with Crippen LogP contribution in [-0.2, 0) is 17.6 Å². The number of aromatic nitrogens is 1. The van der Waals surface area contributed by atoms with Crippen molar-refractivity contribution in [2.45, 2.75) is 39.2 Å². The molecule has 3 rings (SSSR count). The molecule has 1 unspecified atom stereocenters. The predicted molar refractivity (Wildman–Crippen MR) is 118 cm³/mol. The van der Waals surface area contributed by atoms with Crippen LogP contribution in [0.1, 0.15) is 31.4 Å². The van der Waals surface area contributed by atoms with Crippen molar-refractivity contribution in [3.63, 3.8) is 0 Å². The third kappa shape index (κ3) is 6.20. The summed E-state index contributed by atoms with van der Waals surface area (Å²) >= 11 is 1.64. The number of aryl methyl sites for hydroxylation is 1. The van der Waals surface area contributed by atoms with E-state index in [-0.39, 0.29) is 11.9 Å². The summed E-state index contributed by atoms with van der Waals surface area (Å²) in [5, 5.41) is 9.39. The number of nitrogens with one attached hydrogen (secondary N) is 2. The van der Waals surface area contributed by atoms with Gasteiger partial charge in [0, 0.05) is 30.5 Å². The summed E-state index contributed by atoms with van der Waals surface area (Å²) in [4.78, 5) is 15.8. The molecule has 4 nitrogen and oxygen atoms in total. The molecular weight excluding hydrogens is 366 g/mol. The number of hydrogen-bond donors (Lipinski definition) is 2. The van der Waals surface area contributed by atoms with E-state index in [1.165, 1.54) is 11.1 Å². The fourth-order valence-corrected chi connectivity index (χ4v) is 3.84. The van der Waals surface area contributed by atoms with Crippen LogP contribution in [0, 0.1) is 0 Å². The number of carbonyl (C=O) groups is 1. The molecule has 2 N–H and O–H groups in total. The summed E-state index contributed by atoms with van der Waals surface area (Å²) in [6.45, 7) is 4.48. The summed E-state index contributed by atoms with van der Waals surface area (Å²) in [6.07, 6.45) is 2.87. The minimum absolute atomic E-state index is 0.0274. The Bertz CT molecular complexity index is 874. The van der Waals surface area contributed by atoms with Gasteiger partial charge in [0.05, 0.1) is 5.69 Å². The summed E-state index contributed by atoms with van der Waals surface area (Å²) in [5.74, 6) is 0.0274. The third-order valence-electron chi connectivity index (χ3n) is 4.60. The van der Waals surface area contributed by atoms with Crippen LogP contribution in [0.3, 0.4) is 0 Å². The molecule has 0 aliphatic heterocycles. The third-order valence-corrected chi connectivity index (χ3v) is 5.40. The predicted octanol–water partition coefficient (Wildman–Crippen LogP) is 4.92. The zero-order valence-corrected chi connectivity index (χ0v) is 17.3. The van der Waals surface area contributed by atoms with Gasteiger partial charge in [-0.15, -0.1) is 11.3 Å². The van der Waals surface area contributed by atoms with Crippen molar-refractivity contribution < 1.29 is 4.79 Å². The number of rotatable bonds is 9. The number of nitrogens with zero attached hydrogens (tertiary/aromatic N) is 1. The number of amides is 1. The molecule has 5 heteroatoms. The molecule has 0 fully saturated rings. The molecule has 1 atom stereocenters. The molecule has 0 saturated heterocycles. The Morgan fingerprint density at radius 1 is 1.04 bits per heavy atom.